The van der Waals surface area contributed by atoms with Gasteiger partial charge >= 0.3 is 0 Å². The van der Waals surface area contributed by atoms with Crippen LogP contribution in [0.5, 0.6) is 0 Å². The van der Waals surface area contributed by atoms with Gasteiger partial charge < -0.3 is 4.90 Å². The lowest BCUT2D eigenvalue weighted by atomic mass is 9.91. The minimum Gasteiger partial charge on any atom is -0.304 e. The smallest absolute Gasteiger partial charge is 0.0235 e. The third-order valence-corrected chi connectivity index (χ3v) is 4.23. The fraction of sp³-hybridized carbons (Fsp3) is 0.647. The van der Waals surface area contributed by atoms with Gasteiger partial charge in [-0.2, -0.15) is 0 Å². The summed E-state index contributed by atoms with van der Waals surface area (Å²) in [5.74, 6) is 0.623. The second-order valence-corrected chi connectivity index (χ2v) is 6.38. The Morgan fingerprint density at radius 1 is 1.00 bits per heavy atom. The molecule has 106 valence electrons. The highest BCUT2D eigenvalue weighted by Gasteiger charge is 2.15. The maximum absolute atomic E-state index is 2.57. The number of likely N-dealkylation sites (N-methyl/N-ethyl adjacent to an activating group) is 1. The monoisotopic (exact) mass is 260 g/mol. The lowest BCUT2D eigenvalue weighted by molar-refractivity contribution is 0.148. The highest BCUT2D eigenvalue weighted by Crippen LogP contribution is 2.25. The molecular formula is C17H28N2. The average molecular weight is 260 g/mol. The maximum Gasteiger partial charge on any atom is 0.0235 e. The Morgan fingerprint density at radius 2 is 1.53 bits per heavy atom. The molecular weight excluding hydrogens is 232 g/mol. The largest absolute Gasteiger partial charge is 0.304 e. The second kappa shape index (κ2) is 6.06. The lowest BCUT2D eigenvalue weighted by Crippen LogP contribution is -2.43. The highest BCUT2D eigenvalue weighted by atomic mass is 15.2. The molecule has 0 bridgehead atoms. The van der Waals surface area contributed by atoms with E-state index in [1.54, 1.807) is 0 Å². The Labute approximate surface area is 118 Å². The first-order valence-corrected chi connectivity index (χ1v) is 7.48. The second-order valence-electron chi connectivity index (χ2n) is 6.38. The fourth-order valence-electron chi connectivity index (χ4n) is 3.33. The van der Waals surface area contributed by atoms with E-state index < -0.39 is 0 Å². The van der Waals surface area contributed by atoms with Crippen molar-refractivity contribution >= 4 is 0 Å². The van der Waals surface area contributed by atoms with Crippen LogP contribution < -0.4 is 0 Å². The zero-order valence-corrected chi connectivity index (χ0v) is 13.2. The van der Waals surface area contributed by atoms with Gasteiger partial charge in [0.2, 0.25) is 0 Å². The summed E-state index contributed by atoms with van der Waals surface area (Å²) in [6, 6.07) is 4.78. The third kappa shape index (κ3) is 3.58. The van der Waals surface area contributed by atoms with Crippen molar-refractivity contribution in [1.82, 2.24) is 9.80 Å². The van der Waals surface area contributed by atoms with Gasteiger partial charge in [-0.15, -0.1) is 0 Å². The topological polar surface area (TPSA) is 6.48 Å². The first-order chi connectivity index (χ1) is 8.97. The Bertz CT molecular complexity index is 406. The van der Waals surface area contributed by atoms with E-state index in [9.17, 15) is 0 Å². The van der Waals surface area contributed by atoms with Crippen LogP contribution in [0.15, 0.2) is 12.1 Å². The molecule has 1 heterocycles. The number of aryl methyl sites for hydroxylation is 2. The summed E-state index contributed by atoms with van der Waals surface area (Å²) < 4.78 is 0. The van der Waals surface area contributed by atoms with Crippen LogP contribution in [0, 0.1) is 13.8 Å². The van der Waals surface area contributed by atoms with Crippen molar-refractivity contribution in [3.8, 4) is 0 Å². The summed E-state index contributed by atoms with van der Waals surface area (Å²) >= 11 is 0. The fourth-order valence-corrected chi connectivity index (χ4v) is 3.33. The number of nitrogens with zero attached hydrogens (tertiary/aromatic N) is 2. The summed E-state index contributed by atoms with van der Waals surface area (Å²) in [6.07, 6.45) is 0. The summed E-state index contributed by atoms with van der Waals surface area (Å²) in [5, 5.41) is 0. The molecule has 0 radical (unpaired) electrons. The van der Waals surface area contributed by atoms with Gasteiger partial charge in [-0.25, -0.2) is 0 Å². The summed E-state index contributed by atoms with van der Waals surface area (Å²) in [4.78, 5) is 4.98. The van der Waals surface area contributed by atoms with E-state index in [1.165, 1.54) is 48.4 Å². The molecule has 1 fully saturated rings. The number of piperazine rings is 1. The van der Waals surface area contributed by atoms with Crippen molar-refractivity contribution in [2.24, 2.45) is 0 Å². The molecule has 1 aromatic rings. The van der Waals surface area contributed by atoms with Gasteiger partial charge in [0.15, 0.2) is 0 Å². The molecule has 0 atom stereocenters. The third-order valence-electron chi connectivity index (χ3n) is 4.23. The van der Waals surface area contributed by atoms with Crippen LogP contribution in [0.2, 0.25) is 0 Å². The lowest BCUT2D eigenvalue weighted by Gasteiger charge is -2.32. The van der Waals surface area contributed by atoms with Gasteiger partial charge in [-0.3, -0.25) is 4.90 Å². The zero-order valence-electron chi connectivity index (χ0n) is 13.2. The predicted molar refractivity (Wildman–Crippen MR) is 82.8 cm³/mol. The number of hydrogen-bond donors (Lipinski definition) is 0. The molecule has 0 N–H and O–H groups in total. The van der Waals surface area contributed by atoms with E-state index in [2.05, 4.69) is 56.7 Å². The SMILES string of the molecule is Cc1cc(CN2CCN(C)CC2)cc(C)c1C(C)C. The van der Waals surface area contributed by atoms with Crippen LogP contribution in [-0.4, -0.2) is 43.0 Å². The van der Waals surface area contributed by atoms with Crippen LogP contribution in [-0.2, 0) is 6.54 Å². The molecule has 1 aliphatic heterocycles. The van der Waals surface area contributed by atoms with Gasteiger partial charge in [-0.05, 0) is 49.1 Å². The molecule has 1 aliphatic rings. The standard InChI is InChI=1S/C17H28N2/c1-13(2)17-14(3)10-16(11-15(17)4)12-19-8-6-18(5)7-9-19/h10-11,13H,6-9,12H2,1-5H3. The van der Waals surface area contributed by atoms with Crippen molar-refractivity contribution < 1.29 is 0 Å². The molecule has 0 saturated carbocycles. The number of rotatable bonds is 3. The first-order valence-electron chi connectivity index (χ1n) is 7.48. The van der Waals surface area contributed by atoms with Gasteiger partial charge in [0, 0.05) is 32.7 Å². The van der Waals surface area contributed by atoms with E-state index in [1.807, 2.05) is 0 Å². The molecule has 0 unspecified atom stereocenters. The maximum atomic E-state index is 2.57. The number of benzene rings is 1. The van der Waals surface area contributed by atoms with Crippen molar-refractivity contribution in [3.63, 3.8) is 0 Å². The highest BCUT2D eigenvalue weighted by molar-refractivity contribution is 5.39. The van der Waals surface area contributed by atoms with Crippen molar-refractivity contribution in [1.29, 1.82) is 0 Å². The summed E-state index contributed by atoms with van der Waals surface area (Å²) in [5.41, 5.74) is 5.92. The van der Waals surface area contributed by atoms with Gasteiger partial charge in [0.1, 0.15) is 0 Å². The molecule has 0 amide bonds. The quantitative estimate of drug-likeness (QED) is 0.823. The molecule has 2 nitrogen and oxygen atoms in total. The van der Waals surface area contributed by atoms with Gasteiger partial charge in [0.05, 0.1) is 0 Å². The normalized spacial score (nSPS) is 18.2. The molecule has 2 rings (SSSR count). The van der Waals surface area contributed by atoms with Gasteiger partial charge in [0.25, 0.3) is 0 Å². The molecule has 0 spiro atoms. The van der Waals surface area contributed by atoms with E-state index in [-0.39, 0.29) is 0 Å². The minimum atomic E-state index is 0.623. The Morgan fingerprint density at radius 3 is 2.00 bits per heavy atom. The van der Waals surface area contributed by atoms with E-state index in [0.29, 0.717) is 5.92 Å². The molecule has 0 aromatic heterocycles. The molecule has 1 saturated heterocycles. The van der Waals surface area contributed by atoms with Crippen LogP contribution in [0.25, 0.3) is 0 Å². The van der Waals surface area contributed by atoms with Crippen molar-refractivity contribution in [2.45, 2.75) is 40.2 Å². The Kier molecular flexibility index (Phi) is 4.64. The zero-order chi connectivity index (χ0) is 14.0. The van der Waals surface area contributed by atoms with Crippen molar-refractivity contribution in [3.05, 3.63) is 34.4 Å². The molecule has 2 heteroatoms. The number of hydrogen-bond acceptors (Lipinski definition) is 2. The predicted octanol–water partition coefficient (Wildman–Crippen LogP) is 3.17. The summed E-state index contributed by atoms with van der Waals surface area (Å²) in [7, 11) is 2.21. The van der Waals surface area contributed by atoms with E-state index in [4.69, 9.17) is 0 Å². The van der Waals surface area contributed by atoms with Crippen LogP contribution in [0.1, 0.15) is 42.0 Å². The Balaban J connectivity index is 2.09. The Hall–Kier alpha value is -0.860. The van der Waals surface area contributed by atoms with Crippen LogP contribution in [0.3, 0.4) is 0 Å². The molecule has 0 aliphatic carbocycles. The molecule has 19 heavy (non-hydrogen) atoms. The minimum absolute atomic E-state index is 0.623. The van der Waals surface area contributed by atoms with E-state index in [0.717, 1.165) is 6.54 Å². The van der Waals surface area contributed by atoms with Crippen molar-refractivity contribution in [2.75, 3.05) is 33.2 Å². The average Bonchev–Trinajstić information content (AvgIpc) is 2.30. The summed E-state index contributed by atoms with van der Waals surface area (Å²) in [6.45, 7) is 15.0. The van der Waals surface area contributed by atoms with Crippen LogP contribution >= 0.6 is 0 Å². The molecule has 1 aromatic carbocycles. The van der Waals surface area contributed by atoms with Crippen LogP contribution in [0.4, 0.5) is 0 Å². The van der Waals surface area contributed by atoms with Gasteiger partial charge in [-0.1, -0.05) is 26.0 Å². The first kappa shape index (κ1) is 14.5. The van der Waals surface area contributed by atoms with E-state index >= 15 is 0 Å².